The second kappa shape index (κ2) is 5.32. The van der Waals surface area contributed by atoms with E-state index in [1.54, 1.807) is 12.1 Å². The third-order valence-corrected chi connectivity index (χ3v) is 2.41. The Labute approximate surface area is 112 Å². The van der Waals surface area contributed by atoms with Crippen LogP contribution in [0.3, 0.4) is 0 Å². The normalized spacial score (nSPS) is 11.4. The lowest BCUT2D eigenvalue weighted by Gasteiger charge is -2.05. The molecule has 0 aliphatic carbocycles. The Balaban J connectivity index is 2.26. The number of alkyl halides is 3. The van der Waals surface area contributed by atoms with Gasteiger partial charge < -0.3 is 4.74 Å². The molecule has 0 aliphatic heterocycles. The fourth-order valence-electron chi connectivity index (χ4n) is 1.58. The van der Waals surface area contributed by atoms with Gasteiger partial charge in [0.05, 0.1) is 19.0 Å². The van der Waals surface area contributed by atoms with Crippen LogP contribution in [-0.2, 0) is 11.3 Å². The lowest BCUT2D eigenvalue weighted by atomic mass is 10.2. The number of carbonyl (C=O) groups is 1. The monoisotopic (exact) mass is 285 g/mol. The van der Waals surface area contributed by atoms with Crippen molar-refractivity contribution >= 4 is 5.97 Å². The van der Waals surface area contributed by atoms with Gasteiger partial charge in [0.1, 0.15) is 12.2 Å². The minimum Gasteiger partial charge on any atom is -0.464 e. The summed E-state index contributed by atoms with van der Waals surface area (Å²) in [7, 11) is 1.22. The van der Waals surface area contributed by atoms with E-state index in [1.807, 2.05) is 0 Å². The molecule has 2 rings (SSSR count). The van der Waals surface area contributed by atoms with Crippen LogP contribution in [-0.4, -0.2) is 34.0 Å². The van der Waals surface area contributed by atoms with Crippen LogP contribution in [0, 0.1) is 0 Å². The first kappa shape index (κ1) is 14.0. The van der Waals surface area contributed by atoms with E-state index in [0.29, 0.717) is 11.3 Å². The number of methoxy groups -OCH3 is 1. The van der Waals surface area contributed by atoms with E-state index < -0.39 is 18.7 Å². The van der Waals surface area contributed by atoms with Crippen LogP contribution in [0.1, 0.15) is 10.5 Å². The van der Waals surface area contributed by atoms with Gasteiger partial charge in [-0.2, -0.15) is 18.3 Å². The lowest BCUT2D eigenvalue weighted by molar-refractivity contribution is -0.142. The molecular formula is C12H10F3N3O2. The molecule has 0 N–H and O–H groups in total. The van der Waals surface area contributed by atoms with Gasteiger partial charge in [0.25, 0.3) is 0 Å². The van der Waals surface area contributed by atoms with Crippen LogP contribution < -0.4 is 0 Å². The number of nitrogens with zero attached hydrogens (tertiary/aromatic N) is 3. The first-order valence-electron chi connectivity index (χ1n) is 5.54. The van der Waals surface area contributed by atoms with Crippen molar-refractivity contribution in [2.45, 2.75) is 12.7 Å². The molecule has 0 radical (unpaired) electrons. The van der Waals surface area contributed by atoms with Crippen LogP contribution in [0.2, 0.25) is 0 Å². The highest BCUT2D eigenvalue weighted by atomic mass is 19.4. The van der Waals surface area contributed by atoms with Gasteiger partial charge in [-0.25, -0.2) is 9.78 Å². The molecule has 5 nitrogen and oxygen atoms in total. The molecule has 0 amide bonds. The Morgan fingerprint density at radius 3 is 2.80 bits per heavy atom. The van der Waals surface area contributed by atoms with E-state index in [0.717, 1.165) is 4.68 Å². The second-order valence-electron chi connectivity index (χ2n) is 3.94. The summed E-state index contributed by atoms with van der Waals surface area (Å²) in [5.41, 5.74) is 0.815. The molecule has 0 aliphatic rings. The fraction of sp³-hybridized carbons (Fsp3) is 0.250. The van der Waals surface area contributed by atoms with Crippen LogP contribution in [0.5, 0.6) is 0 Å². The Kier molecular flexibility index (Phi) is 3.73. The zero-order chi connectivity index (χ0) is 14.8. The lowest BCUT2D eigenvalue weighted by Crippen LogP contribution is -2.17. The van der Waals surface area contributed by atoms with E-state index in [2.05, 4.69) is 14.8 Å². The van der Waals surface area contributed by atoms with Gasteiger partial charge in [-0.1, -0.05) is 6.07 Å². The Morgan fingerprint density at radius 1 is 1.40 bits per heavy atom. The minimum atomic E-state index is -4.34. The number of rotatable bonds is 3. The highest BCUT2D eigenvalue weighted by Crippen LogP contribution is 2.20. The average Bonchev–Trinajstić information content (AvgIpc) is 2.84. The van der Waals surface area contributed by atoms with Crippen LogP contribution in [0.4, 0.5) is 13.2 Å². The Hall–Kier alpha value is -2.38. The van der Waals surface area contributed by atoms with Crippen molar-refractivity contribution in [1.82, 2.24) is 14.8 Å². The van der Waals surface area contributed by atoms with Crippen molar-refractivity contribution in [2.24, 2.45) is 0 Å². The standard InChI is InChI=1S/C12H10F3N3O2/c1-20-11(19)10-4-2-3-9(17-10)8-5-16-18(6-8)7-12(13,14)15/h2-6H,7H2,1H3. The SMILES string of the molecule is COC(=O)c1cccc(-c2cnn(CC(F)(F)F)c2)n1. The third kappa shape index (κ3) is 3.34. The smallest absolute Gasteiger partial charge is 0.408 e. The first-order valence-corrected chi connectivity index (χ1v) is 5.54. The van der Waals surface area contributed by atoms with Crippen molar-refractivity contribution in [3.63, 3.8) is 0 Å². The van der Waals surface area contributed by atoms with Gasteiger partial charge in [0.15, 0.2) is 0 Å². The molecule has 0 atom stereocenters. The third-order valence-electron chi connectivity index (χ3n) is 2.41. The molecule has 2 aromatic rings. The molecule has 0 saturated heterocycles. The Morgan fingerprint density at radius 2 is 2.15 bits per heavy atom. The van der Waals surface area contributed by atoms with Gasteiger partial charge in [-0.3, -0.25) is 4.68 Å². The maximum atomic E-state index is 12.2. The molecule has 0 saturated carbocycles. The summed E-state index contributed by atoms with van der Waals surface area (Å²) in [5.74, 6) is -0.616. The van der Waals surface area contributed by atoms with Crippen LogP contribution in [0.25, 0.3) is 11.3 Å². The quantitative estimate of drug-likeness (QED) is 0.812. The maximum Gasteiger partial charge on any atom is 0.408 e. The summed E-state index contributed by atoms with van der Waals surface area (Å²) in [5, 5.41) is 3.61. The molecule has 106 valence electrons. The first-order chi connectivity index (χ1) is 9.39. The summed E-state index contributed by atoms with van der Waals surface area (Å²) in [4.78, 5) is 15.3. The number of ether oxygens (including phenoxy) is 1. The number of esters is 1. The molecule has 2 aromatic heterocycles. The van der Waals surface area contributed by atoms with E-state index in [1.165, 1.54) is 25.6 Å². The molecule has 0 unspecified atom stereocenters. The number of aromatic nitrogens is 3. The maximum absolute atomic E-state index is 12.2. The van der Waals surface area contributed by atoms with Gasteiger partial charge in [-0.05, 0) is 12.1 Å². The largest absolute Gasteiger partial charge is 0.464 e. The van der Waals surface area contributed by atoms with E-state index in [9.17, 15) is 18.0 Å². The second-order valence-corrected chi connectivity index (χ2v) is 3.94. The summed E-state index contributed by atoms with van der Waals surface area (Å²) in [6, 6.07) is 4.59. The summed E-state index contributed by atoms with van der Waals surface area (Å²) in [6.07, 6.45) is -1.86. The van der Waals surface area contributed by atoms with Crippen molar-refractivity contribution < 1.29 is 22.7 Å². The van der Waals surface area contributed by atoms with Crippen molar-refractivity contribution in [2.75, 3.05) is 7.11 Å². The van der Waals surface area contributed by atoms with Crippen molar-refractivity contribution in [3.05, 3.63) is 36.3 Å². The zero-order valence-electron chi connectivity index (χ0n) is 10.4. The van der Waals surface area contributed by atoms with E-state index in [4.69, 9.17) is 0 Å². The molecule has 2 heterocycles. The van der Waals surface area contributed by atoms with Crippen LogP contribution >= 0.6 is 0 Å². The predicted octanol–water partition coefficient (Wildman–Crippen LogP) is 2.29. The van der Waals surface area contributed by atoms with Gasteiger partial charge in [-0.15, -0.1) is 0 Å². The number of carbonyl (C=O) groups excluding carboxylic acids is 1. The summed E-state index contributed by atoms with van der Waals surface area (Å²) >= 11 is 0. The number of halogens is 3. The molecular weight excluding hydrogens is 275 g/mol. The van der Waals surface area contributed by atoms with Gasteiger partial charge in [0.2, 0.25) is 0 Å². The summed E-state index contributed by atoms with van der Waals surface area (Å²) < 4.78 is 42.0. The number of hydrogen-bond donors (Lipinski definition) is 0. The molecule has 0 bridgehead atoms. The molecule has 0 fully saturated rings. The highest BCUT2D eigenvalue weighted by Gasteiger charge is 2.28. The van der Waals surface area contributed by atoms with Crippen molar-refractivity contribution in [1.29, 1.82) is 0 Å². The molecule has 8 heteroatoms. The van der Waals surface area contributed by atoms with Crippen LogP contribution in [0.15, 0.2) is 30.6 Å². The highest BCUT2D eigenvalue weighted by molar-refractivity contribution is 5.87. The fourth-order valence-corrected chi connectivity index (χ4v) is 1.58. The molecule has 0 spiro atoms. The van der Waals surface area contributed by atoms with E-state index >= 15 is 0 Å². The topological polar surface area (TPSA) is 57.0 Å². The minimum absolute atomic E-state index is 0.0774. The zero-order valence-corrected chi connectivity index (χ0v) is 10.4. The van der Waals surface area contributed by atoms with Crippen molar-refractivity contribution in [3.8, 4) is 11.3 Å². The predicted molar refractivity (Wildman–Crippen MR) is 62.9 cm³/mol. The average molecular weight is 285 g/mol. The molecule has 0 aromatic carbocycles. The Bertz CT molecular complexity index is 622. The van der Waals surface area contributed by atoms with E-state index in [-0.39, 0.29) is 5.69 Å². The molecule has 20 heavy (non-hydrogen) atoms. The number of pyridine rings is 1. The summed E-state index contributed by atoms with van der Waals surface area (Å²) in [6.45, 7) is -1.18. The number of hydrogen-bond acceptors (Lipinski definition) is 4. The van der Waals surface area contributed by atoms with Gasteiger partial charge in [0, 0.05) is 11.8 Å². The van der Waals surface area contributed by atoms with Gasteiger partial charge >= 0.3 is 12.1 Å².